The Morgan fingerprint density at radius 3 is 2.87 bits per heavy atom. The first-order valence-corrected chi connectivity index (χ1v) is 7.69. The van der Waals surface area contributed by atoms with Crippen molar-refractivity contribution in [1.29, 1.82) is 5.41 Å². The molecule has 7 nitrogen and oxygen atoms in total. The number of hydrogen-bond acceptors (Lipinski definition) is 4. The van der Waals surface area contributed by atoms with Gasteiger partial charge in [-0.3, -0.25) is 15.2 Å². The number of amides is 2. The van der Waals surface area contributed by atoms with Crippen LogP contribution in [0.4, 0.5) is 4.79 Å². The maximum Gasteiger partial charge on any atom is 0.337 e. The van der Waals surface area contributed by atoms with Crippen molar-refractivity contribution < 1.29 is 4.79 Å². The third-order valence-corrected chi connectivity index (χ3v) is 3.89. The zero-order chi connectivity index (χ0) is 17.0. The molecule has 1 saturated heterocycles. The Morgan fingerprint density at radius 1 is 1.52 bits per heavy atom. The van der Waals surface area contributed by atoms with E-state index in [0.29, 0.717) is 18.9 Å². The summed E-state index contributed by atoms with van der Waals surface area (Å²) in [7, 11) is 0. The van der Waals surface area contributed by atoms with Crippen LogP contribution in [0.2, 0.25) is 0 Å². The number of urea groups is 1. The average Bonchev–Trinajstić information content (AvgIpc) is 2.89. The van der Waals surface area contributed by atoms with E-state index in [1.54, 1.807) is 16.7 Å². The van der Waals surface area contributed by atoms with Crippen LogP contribution in [0.15, 0.2) is 24.0 Å². The second-order valence-electron chi connectivity index (χ2n) is 5.72. The highest BCUT2D eigenvalue weighted by molar-refractivity contribution is 5.80. The second-order valence-corrected chi connectivity index (χ2v) is 5.72. The number of carbonyl (C=O) groups excluding carboxylic acids is 1. The molecule has 2 aliphatic rings. The fourth-order valence-corrected chi connectivity index (χ4v) is 2.66. The van der Waals surface area contributed by atoms with Gasteiger partial charge in [0.05, 0.1) is 18.9 Å². The lowest BCUT2D eigenvalue weighted by Gasteiger charge is -2.37. The molecule has 0 aliphatic carbocycles. The molecule has 7 heteroatoms. The van der Waals surface area contributed by atoms with Crippen LogP contribution in [0, 0.1) is 17.4 Å². The lowest BCUT2D eigenvalue weighted by molar-refractivity contribution is 0.204. The van der Waals surface area contributed by atoms with Crippen molar-refractivity contribution in [2.24, 2.45) is 5.73 Å². The molecule has 4 N–H and O–H groups in total. The summed E-state index contributed by atoms with van der Waals surface area (Å²) in [5, 5.41) is 10.8. The minimum atomic E-state index is -0.392. The molecule has 2 unspecified atom stereocenters. The van der Waals surface area contributed by atoms with Gasteiger partial charge < -0.3 is 16.0 Å². The fourth-order valence-electron chi connectivity index (χ4n) is 2.66. The summed E-state index contributed by atoms with van der Waals surface area (Å²) in [5.74, 6) is 3.46. The van der Waals surface area contributed by atoms with E-state index in [-0.39, 0.29) is 18.1 Å². The highest BCUT2D eigenvalue weighted by atomic mass is 16.2. The molecule has 0 aromatic rings. The lowest BCUT2D eigenvalue weighted by atomic mass is 10.1. The molecule has 2 atom stereocenters. The first-order valence-electron chi connectivity index (χ1n) is 7.69. The van der Waals surface area contributed by atoms with Crippen molar-refractivity contribution in [3.8, 4) is 12.0 Å². The summed E-state index contributed by atoms with van der Waals surface area (Å²) >= 11 is 0. The number of allylic oxidation sites excluding steroid dienone is 2. The molecular formula is C16H24N6O. The van der Waals surface area contributed by atoms with Crippen LogP contribution in [-0.2, 0) is 0 Å². The topological polar surface area (TPSA) is 88.7 Å². The minimum absolute atomic E-state index is 0.121. The number of nitrogens with one attached hydrogen (secondary N) is 2. The van der Waals surface area contributed by atoms with E-state index in [1.807, 2.05) is 32.1 Å². The van der Waals surface area contributed by atoms with Crippen molar-refractivity contribution in [3.05, 3.63) is 24.0 Å². The van der Waals surface area contributed by atoms with Gasteiger partial charge in [0, 0.05) is 18.6 Å². The quantitative estimate of drug-likeness (QED) is 0.301. The number of dihydropyridines is 1. The maximum absolute atomic E-state index is 12.3. The normalized spacial score (nSPS) is 21.5. The summed E-state index contributed by atoms with van der Waals surface area (Å²) in [6.07, 6.45) is 6.55. The maximum atomic E-state index is 12.3. The predicted molar refractivity (Wildman–Crippen MR) is 90.1 cm³/mol. The summed E-state index contributed by atoms with van der Waals surface area (Å²) in [6.45, 7) is 6.85. The molecule has 0 saturated carbocycles. The predicted octanol–water partition coefficient (Wildman–Crippen LogP) is 0.676. The molecule has 2 rings (SSSR count). The zero-order valence-corrected chi connectivity index (χ0v) is 13.8. The van der Waals surface area contributed by atoms with Gasteiger partial charge in [-0.25, -0.2) is 4.79 Å². The fraction of sp³-hybridized carbons (Fsp3) is 0.500. The molecule has 0 aromatic heterocycles. The van der Waals surface area contributed by atoms with Crippen LogP contribution in [0.5, 0.6) is 0 Å². The number of hydrogen-bond donors (Lipinski definition) is 3. The largest absolute Gasteiger partial charge is 0.362 e. The molecule has 1 fully saturated rings. The second kappa shape index (κ2) is 7.20. The van der Waals surface area contributed by atoms with E-state index in [1.165, 1.54) is 11.2 Å². The van der Waals surface area contributed by atoms with Crippen molar-refractivity contribution >= 4 is 12.4 Å². The first kappa shape index (κ1) is 16.9. The van der Waals surface area contributed by atoms with Gasteiger partial charge in [0.15, 0.2) is 0 Å². The Labute approximate surface area is 137 Å². The smallest absolute Gasteiger partial charge is 0.337 e. The van der Waals surface area contributed by atoms with Gasteiger partial charge in [0.1, 0.15) is 12.0 Å². The molecule has 124 valence electrons. The van der Waals surface area contributed by atoms with Crippen molar-refractivity contribution in [2.45, 2.75) is 39.0 Å². The van der Waals surface area contributed by atoms with Crippen LogP contribution < -0.4 is 11.1 Å². The van der Waals surface area contributed by atoms with Gasteiger partial charge in [-0.15, -0.1) is 0 Å². The van der Waals surface area contributed by atoms with E-state index in [2.05, 4.69) is 17.3 Å². The molecule has 2 amide bonds. The molecule has 2 heterocycles. The third-order valence-electron chi connectivity index (χ3n) is 3.89. The molecular weight excluding hydrogens is 292 g/mol. The number of nitrogens with zero attached hydrogens (tertiary/aromatic N) is 3. The number of carbonyl (C=O) groups is 1. The van der Waals surface area contributed by atoms with E-state index >= 15 is 0 Å². The van der Waals surface area contributed by atoms with Gasteiger partial charge in [-0.1, -0.05) is 18.1 Å². The SMILES string of the molecule is CC#CN1CCN(C2=CC=CC(C(N)N(C=N)C(C)C)N2)C1=O. The van der Waals surface area contributed by atoms with E-state index < -0.39 is 6.17 Å². The molecule has 0 bridgehead atoms. The highest BCUT2D eigenvalue weighted by Gasteiger charge is 2.33. The van der Waals surface area contributed by atoms with E-state index in [9.17, 15) is 4.79 Å². The van der Waals surface area contributed by atoms with Crippen LogP contribution in [0.1, 0.15) is 20.8 Å². The van der Waals surface area contributed by atoms with Gasteiger partial charge in [0.2, 0.25) is 0 Å². The highest BCUT2D eigenvalue weighted by Crippen LogP contribution is 2.17. The molecule has 0 radical (unpaired) electrons. The molecule has 2 aliphatic heterocycles. The van der Waals surface area contributed by atoms with Crippen molar-refractivity contribution in [3.63, 3.8) is 0 Å². The zero-order valence-electron chi connectivity index (χ0n) is 13.8. The van der Waals surface area contributed by atoms with E-state index in [0.717, 1.165) is 0 Å². The van der Waals surface area contributed by atoms with Crippen LogP contribution in [-0.4, -0.2) is 58.4 Å². The summed E-state index contributed by atoms with van der Waals surface area (Å²) in [6, 6.07) is 2.60. The van der Waals surface area contributed by atoms with Gasteiger partial charge in [-0.05, 0) is 26.8 Å². The van der Waals surface area contributed by atoms with Crippen molar-refractivity contribution in [1.82, 2.24) is 20.0 Å². The van der Waals surface area contributed by atoms with Crippen LogP contribution in [0.3, 0.4) is 0 Å². The lowest BCUT2D eigenvalue weighted by Crippen LogP contribution is -2.57. The molecule has 23 heavy (non-hydrogen) atoms. The Kier molecular flexibility index (Phi) is 5.29. The number of nitrogens with two attached hydrogens (primary N) is 1. The summed E-state index contributed by atoms with van der Waals surface area (Å²) in [4.78, 5) is 17.3. The minimum Gasteiger partial charge on any atom is -0.362 e. The van der Waals surface area contributed by atoms with Gasteiger partial charge in [-0.2, -0.15) is 0 Å². The Morgan fingerprint density at radius 2 is 2.26 bits per heavy atom. The molecule has 0 spiro atoms. The van der Waals surface area contributed by atoms with E-state index in [4.69, 9.17) is 11.1 Å². The van der Waals surface area contributed by atoms with Crippen LogP contribution in [0.25, 0.3) is 0 Å². The van der Waals surface area contributed by atoms with Gasteiger partial charge >= 0.3 is 6.03 Å². The average molecular weight is 316 g/mol. The number of rotatable bonds is 5. The Hall–Kier alpha value is -2.46. The van der Waals surface area contributed by atoms with Gasteiger partial charge in [0.25, 0.3) is 0 Å². The standard InChI is InChI=1S/C16H24N6O/c1-4-8-20-9-10-21(16(20)23)14-7-5-6-13(19-14)15(18)22(11-17)12(2)3/h5-7,11-13,15,17,19H,9-10,18H2,1-3H3. The monoisotopic (exact) mass is 316 g/mol. The summed E-state index contributed by atoms with van der Waals surface area (Å²) in [5.41, 5.74) is 6.27. The first-order chi connectivity index (χ1) is 11.0. The molecule has 0 aromatic carbocycles. The summed E-state index contributed by atoms with van der Waals surface area (Å²) < 4.78 is 0. The van der Waals surface area contributed by atoms with Crippen LogP contribution >= 0.6 is 0 Å². The Balaban J connectivity index is 2.08. The Bertz CT molecular complexity index is 585. The van der Waals surface area contributed by atoms with Crippen molar-refractivity contribution in [2.75, 3.05) is 13.1 Å². The third kappa shape index (κ3) is 3.48.